The van der Waals surface area contributed by atoms with Crippen LogP contribution in [0.15, 0.2) is 84.0 Å². The van der Waals surface area contributed by atoms with E-state index in [1.54, 1.807) is 0 Å². The van der Waals surface area contributed by atoms with E-state index in [-0.39, 0.29) is 17.1 Å². The quantitative estimate of drug-likeness (QED) is 0.290. The van der Waals surface area contributed by atoms with Crippen molar-refractivity contribution in [2.24, 2.45) is 0 Å². The molecule has 0 spiro atoms. The Morgan fingerprint density at radius 3 is 2.20 bits per heavy atom. The Balaban J connectivity index is 1.45. The summed E-state index contributed by atoms with van der Waals surface area (Å²) in [6.07, 6.45) is 0. The molecule has 0 aliphatic heterocycles. The van der Waals surface area contributed by atoms with Gasteiger partial charge < -0.3 is 10.6 Å². The van der Waals surface area contributed by atoms with Crippen LogP contribution >= 0.6 is 11.8 Å². The van der Waals surface area contributed by atoms with Gasteiger partial charge in [-0.15, -0.1) is 10.2 Å². The lowest BCUT2D eigenvalue weighted by Gasteiger charge is -2.19. The van der Waals surface area contributed by atoms with Crippen molar-refractivity contribution in [3.63, 3.8) is 0 Å². The van der Waals surface area contributed by atoms with Crippen LogP contribution in [-0.4, -0.2) is 26.4 Å². The monoisotopic (exact) mass is 485 g/mol. The standard InChI is InChI=1S/C28H31N5OS/c1-20-10-14-22(15-11-20)29-18-25-31-32-27(33(25)24-8-6-5-7-9-24)35-19-26(34)30-23-16-12-21(13-17-23)28(2,3)4/h5-17,29H,18-19H2,1-4H3,(H,30,34). The van der Waals surface area contributed by atoms with Gasteiger partial charge in [0.2, 0.25) is 5.91 Å². The molecular weight excluding hydrogens is 454 g/mol. The highest BCUT2D eigenvalue weighted by Crippen LogP contribution is 2.25. The molecule has 0 aliphatic carbocycles. The molecule has 35 heavy (non-hydrogen) atoms. The SMILES string of the molecule is Cc1ccc(NCc2nnc(SCC(=O)Nc3ccc(C(C)(C)C)cc3)n2-c2ccccc2)cc1. The second-order valence-corrected chi connectivity index (χ2v) is 10.4. The topological polar surface area (TPSA) is 71.8 Å². The number of thioether (sulfide) groups is 1. The van der Waals surface area contributed by atoms with Crippen molar-refractivity contribution < 1.29 is 4.79 Å². The first-order valence-corrected chi connectivity index (χ1v) is 12.6. The molecule has 0 saturated carbocycles. The van der Waals surface area contributed by atoms with Crippen LogP contribution in [0.3, 0.4) is 0 Å². The molecule has 0 bridgehead atoms. The molecule has 1 amide bonds. The fraction of sp³-hybridized carbons (Fsp3) is 0.250. The lowest BCUT2D eigenvalue weighted by Crippen LogP contribution is -2.15. The van der Waals surface area contributed by atoms with E-state index in [0.29, 0.717) is 11.7 Å². The molecule has 180 valence electrons. The van der Waals surface area contributed by atoms with Gasteiger partial charge in [-0.3, -0.25) is 9.36 Å². The number of rotatable bonds is 8. The van der Waals surface area contributed by atoms with Gasteiger partial charge in [-0.05, 0) is 54.3 Å². The molecule has 1 heterocycles. The molecule has 7 heteroatoms. The predicted molar refractivity (Wildman–Crippen MR) is 144 cm³/mol. The molecular formula is C28H31N5OS. The third kappa shape index (κ3) is 6.51. The first-order chi connectivity index (χ1) is 16.8. The summed E-state index contributed by atoms with van der Waals surface area (Å²) in [6, 6.07) is 26.2. The van der Waals surface area contributed by atoms with Crippen LogP contribution < -0.4 is 10.6 Å². The van der Waals surface area contributed by atoms with E-state index in [0.717, 1.165) is 22.9 Å². The van der Waals surface area contributed by atoms with Crippen LogP contribution in [0.2, 0.25) is 0 Å². The minimum absolute atomic E-state index is 0.0753. The van der Waals surface area contributed by atoms with E-state index in [2.05, 4.69) is 72.8 Å². The highest BCUT2D eigenvalue weighted by Gasteiger charge is 2.17. The Hall–Kier alpha value is -3.58. The van der Waals surface area contributed by atoms with Gasteiger partial charge in [0.1, 0.15) is 0 Å². The summed E-state index contributed by atoms with van der Waals surface area (Å²) in [5.74, 6) is 0.926. The molecule has 0 saturated heterocycles. The minimum Gasteiger partial charge on any atom is -0.378 e. The predicted octanol–water partition coefficient (Wildman–Crippen LogP) is 6.22. The maximum Gasteiger partial charge on any atom is 0.234 e. The Kier molecular flexibility index (Phi) is 7.56. The smallest absolute Gasteiger partial charge is 0.234 e. The van der Waals surface area contributed by atoms with Crippen molar-refractivity contribution in [1.82, 2.24) is 14.8 Å². The van der Waals surface area contributed by atoms with E-state index in [9.17, 15) is 4.79 Å². The zero-order chi connectivity index (χ0) is 24.8. The van der Waals surface area contributed by atoms with Crippen molar-refractivity contribution in [2.75, 3.05) is 16.4 Å². The zero-order valence-corrected chi connectivity index (χ0v) is 21.4. The Bertz CT molecular complexity index is 1260. The van der Waals surface area contributed by atoms with E-state index in [1.165, 1.54) is 22.9 Å². The van der Waals surface area contributed by atoms with Crippen LogP contribution in [0.25, 0.3) is 5.69 Å². The molecule has 0 unspecified atom stereocenters. The van der Waals surface area contributed by atoms with Gasteiger partial charge >= 0.3 is 0 Å². The molecule has 0 fully saturated rings. The maximum absolute atomic E-state index is 12.7. The van der Waals surface area contributed by atoms with Gasteiger partial charge in [-0.2, -0.15) is 0 Å². The number of hydrogen-bond donors (Lipinski definition) is 2. The van der Waals surface area contributed by atoms with E-state index >= 15 is 0 Å². The number of carbonyl (C=O) groups is 1. The van der Waals surface area contributed by atoms with Gasteiger partial charge in [0, 0.05) is 17.1 Å². The molecule has 6 nitrogen and oxygen atoms in total. The lowest BCUT2D eigenvalue weighted by molar-refractivity contribution is -0.113. The Morgan fingerprint density at radius 1 is 0.886 bits per heavy atom. The summed E-state index contributed by atoms with van der Waals surface area (Å²) in [5.41, 5.74) is 5.28. The average Bonchev–Trinajstić information content (AvgIpc) is 3.25. The number of nitrogens with zero attached hydrogens (tertiary/aromatic N) is 3. The van der Waals surface area contributed by atoms with Crippen LogP contribution in [0.4, 0.5) is 11.4 Å². The van der Waals surface area contributed by atoms with Crippen LogP contribution in [0.1, 0.15) is 37.7 Å². The number of carbonyl (C=O) groups excluding carboxylic acids is 1. The third-order valence-electron chi connectivity index (χ3n) is 5.58. The highest BCUT2D eigenvalue weighted by molar-refractivity contribution is 7.99. The van der Waals surface area contributed by atoms with Crippen LogP contribution in [0.5, 0.6) is 0 Å². The van der Waals surface area contributed by atoms with Gasteiger partial charge in [0.05, 0.1) is 12.3 Å². The summed E-state index contributed by atoms with van der Waals surface area (Å²) >= 11 is 1.37. The first kappa shape index (κ1) is 24.5. The summed E-state index contributed by atoms with van der Waals surface area (Å²) in [6.45, 7) is 9.09. The number of amides is 1. The van der Waals surface area contributed by atoms with E-state index < -0.39 is 0 Å². The van der Waals surface area contributed by atoms with E-state index in [4.69, 9.17) is 0 Å². The van der Waals surface area contributed by atoms with Gasteiger partial charge in [-0.1, -0.05) is 80.6 Å². The molecule has 0 aliphatic rings. The largest absolute Gasteiger partial charge is 0.378 e. The Labute approximate surface area is 211 Å². The molecule has 3 aromatic carbocycles. The third-order valence-corrected chi connectivity index (χ3v) is 6.51. The number of para-hydroxylation sites is 1. The minimum atomic E-state index is -0.0829. The lowest BCUT2D eigenvalue weighted by atomic mass is 9.87. The number of anilines is 2. The first-order valence-electron chi connectivity index (χ1n) is 11.6. The van der Waals surface area contributed by atoms with Crippen LogP contribution in [0, 0.1) is 6.92 Å². The van der Waals surface area contributed by atoms with Crippen molar-refractivity contribution in [3.05, 3.63) is 95.8 Å². The average molecular weight is 486 g/mol. The fourth-order valence-corrected chi connectivity index (χ4v) is 4.35. The summed E-state index contributed by atoms with van der Waals surface area (Å²) in [4.78, 5) is 12.7. The van der Waals surface area contributed by atoms with Crippen molar-refractivity contribution in [2.45, 2.75) is 44.8 Å². The molecule has 0 radical (unpaired) electrons. The number of nitrogens with one attached hydrogen (secondary N) is 2. The van der Waals surface area contributed by atoms with Crippen LogP contribution in [-0.2, 0) is 16.8 Å². The number of hydrogen-bond acceptors (Lipinski definition) is 5. The molecule has 2 N–H and O–H groups in total. The molecule has 4 rings (SSSR count). The zero-order valence-electron chi connectivity index (χ0n) is 20.6. The number of benzene rings is 3. The molecule has 4 aromatic rings. The summed E-state index contributed by atoms with van der Waals surface area (Å²) < 4.78 is 2.00. The summed E-state index contributed by atoms with van der Waals surface area (Å²) in [7, 11) is 0. The van der Waals surface area contributed by atoms with Crippen molar-refractivity contribution >= 4 is 29.0 Å². The highest BCUT2D eigenvalue weighted by atomic mass is 32.2. The van der Waals surface area contributed by atoms with E-state index in [1.807, 2.05) is 59.2 Å². The van der Waals surface area contributed by atoms with Crippen molar-refractivity contribution in [3.8, 4) is 5.69 Å². The number of aryl methyl sites for hydroxylation is 1. The van der Waals surface area contributed by atoms with Gasteiger partial charge in [0.15, 0.2) is 11.0 Å². The van der Waals surface area contributed by atoms with Gasteiger partial charge in [-0.25, -0.2) is 0 Å². The molecule has 1 aromatic heterocycles. The summed E-state index contributed by atoms with van der Waals surface area (Å²) in [5, 5.41) is 15.9. The fourth-order valence-electron chi connectivity index (χ4n) is 3.58. The van der Waals surface area contributed by atoms with Gasteiger partial charge in [0.25, 0.3) is 0 Å². The normalized spacial score (nSPS) is 11.3. The second-order valence-electron chi connectivity index (χ2n) is 9.45. The Morgan fingerprint density at radius 2 is 1.54 bits per heavy atom. The molecule has 0 atom stereocenters. The second kappa shape index (κ2) is 10.8. The maximum atomic E-state index is 12.7. The van der Waals surface area contributed by atoms with Crippen molar-refractivity contribution in [1.29, 1.82) is 0 Å². The number of aromatic nitrogens is 3.